The van der Waals surface area contributed by atoms with Crippen LogP contribution in [0.15, 0.2) is 36.4 Å². The summed E-state index contributed by atoms with van der Waals surface area (Å²) >= 11 is 13.5. The topological polar surface area (TPSA) is 29.1 Å². The number of benzene rings is 2. The molecule has 1 unspecified atom stereocenters. The molecule has 138 valence electrons. The van der Waals surface area contributed by atoms with E-state index in [0.717, 1.165) is 17.7 Å². The number of fused-ring (bicyclic) bond motifs is 1. The zero-order chi connectivity index (χ0) is 18.5. The maximum atomic E-state index is 12.2. The van der Waals surface area contributed by atoms with Gasteiger partial charge in [-0.25, -0.2) is 0 Å². The van der Waals surface area contributed by atoms with Crippen LogP contribution in [0.25, 0.3) is 0 Å². The minimum absolute atomic E-state index is 0.0281. The number of rotatable bonds is 6. The molecule has 0 aromatic heterocycles. The van der Waals surface area contributed by atoms with E-state index in [2.05, 4.69) is 23.5 Å². The van der Waals surface area contributed by atoms with Gasteiger partial charge in [0.25, 0.3) is 0 Å². The van der Waals surface area contributed by atoms with E-state index in [0.29, 0.717) is 15.8 Å². The highest BCUT2D eigenvalue weighted by Crippen LogP contribution is 2.26. The Hall–Kier alpha value is -1.16. The van der Waals surface area contributed by atoms with E-state index in [-0.39, 0.29) is 11.9 Å². The third-order valence-corrected chi connectivity index (χ3v) is 6.48. The minimum Gasteiger partial charge on any atom is -0.349 e. The van der Waals surface area contributed by atoms with Gasteiger partial charge >= 0.3 is 0 Å². The molecule has 1 atom stereocenters. The van der Waals surface area contributed by atoms with Crippen LogP contribution in [-0.4, -0.2) is 11.7 Å². The lowest BCUT2D eigenvalue weighted by Gasteiger charge is -2.20. The summed E-state index contributed by atoms with van der Waals surface area (Å²) in [5, 5.41) is 4.21. The molecule has 0 bridgehead atoms. The number of halogens is 2. The summed E-state index contributed by atoms with van der Waals surface area (Å²) in [6.07, 6.45) is 4.89. The fraction of sp³-hybridized carbons (Fsp3) is 0.381. The second-order valence-electron chi connectivity index (χ2n) is 6.77. The zero-order valence-electron chi connectivity index (χ0n) is 14.9. The molecule has 2 aromatic carbocycles. The van der Waals surface area contributed by atoms with Crippen LogP contribution in [-0.2, 0) is 23.4 Å². The van der Waals surface area contributed by atoms with Crippen LogP contribution < -0.4 is 5.32 Å². The first kappa shape index (κ1) is 19.6. The standard InChI is InChI=1S/C21H23Cl2NOS/c1-14(17-8-7-16-4-2-3-5-18(16)11-17)24-21(25)13-26-12-15-6-9-19(22)20(23)10-15/h6-11,14H,2-5,12-13H2,1H3,(H,24,25). The van der Waals surface area contributed by atoms with Crippen LogP contribution in [0.3, 0.4) is 0 Å². The van der Waals surface area contributed by atoms with Crippen molar-refractivity contribution in [3.63, 3.8) is 0 Å². The predicted molar refractivity (Wildman–Crippen MR) is 112 cm³/mol. The van der Waals surface area contributed by atoms with Gasteiger partial charge in [0.05, 0.1) is 21.8 Å². The molecular formula is C21H23Cl2NOS. The van der Waals surface area contributed by atoms with E-state index in [9.17, 15) is 4.79 Å². The number of aryl methyl sites for hydroxylation is 2. The molecule has 0 radical (unpaired) electrons. The molecule has 1 N–H and O–H groups in total. The number of hydrogen-bond acceptors (Lipinski definition) is 2. The van der Waals surface area contributed by atoms with Gasteiger partial charge in [0, 0.05) is 5.75 Å². The SMILES string of the molecule is CC(NC(=O)CSCc1ccc(Cl)c(Cl)c1)c1ccc2c(c1)CCCC2. The summed E-state index contributed by atoms with van der Waals surface area (Å²) in [5.41, 5.74) is 5.17. The molecule has 3 rings (SSSR count). The summed E-state index contributed by atoms with van der Waals surface area (Å²) in [4.78, 5) is 12.2. The monoisotopic (exact) mass is 407 g/mol. The molecule has 0 spiro atoms. The summed E-state index contributed by atoms with van der Waals surface area (Å²) in [5.74, 6) is 1.22. The molecule has 1 aliphatic carbocycles. The van der Waals surface area contributed by atoms with Crippen LogP contribution in [0.1, 0.15) is 48.1 Å². The van der Waals surface area contributed by atoms with E-state index in [1.54, 1.807) is 17.8 Å². The van der Waals surface area contributed by atoms with E-state index in [4.69, 9.17) is 23.2 Å². The van der Waals surface area contributed by atoms with Crippen LogP contribution in [0, 0.1) is 0 Å². The molecular weight excluding hydrogens is 385 g/mol. The Kier molecular flexibility index (Phi) is 6.91. The fourth-order valence-electron chi connectivity index (χ4n) is 3.28. The molecule has 2 aromatic rings. The average molecular weight is 408 g/mol. The Labute approximate surface area is 169 Å². The van der Waals surface area contributed by atoms with Gasteiger partial charge in [-0.05, 0) is 67.0 Å². The molecule has 26 heavy (non-hydrogen) atoms. The number of carbonyl (C=O) groups excluding carboxylic acids is 1. The van der Waals surface area contributed by atoms with Crippen molar-refractivity contribution in [1.29, 1.82) is 0 Å². The highest BCUT2D eigenvalue weighted by atomic mass is 35.5. The van der Waals surface area contributed by atoms with Gasteiger partial charge in [0.1, 0.15) is 0 Å². The average Bonchev–Trinajstić information content (AvgIpc) is 2.64. The van der Waals surface area contributed by atoms with E-state index >= 15 is 0 Å². The van der Waals surface area contributed by atoms with Gasteiger partial charge in [-0.3, -0.25) is 4.79 Å². The van der Waals surface area contributed by atoms with Gasteiger partial charge in [0.15, 0.2) is 0 Å². The number of thioether (sulfide) groups is 1. The molecule has 1 aliphatic rings. The van der Waals surface area contributed by atoms with Crippen molar-refractivity contribution in [1.82, 2.24) is 5.32 Å². The van der Waals surface area contributed by atoms with Crippen LogP contribution in [0.4, 0.5) is 0 Å². The first-order valence-corrected chi connectivity index (χ1v) is 10.9. The molecule has 0 saturated carbocycles. The molecule has 5 heteroatoms. The highest BCUT2D eigenvalue weighted by molar-refractivity contribution is 7.99. The molecule has 2 nitrogen and oxygen atoms in total. The predicted octanol–water partition coefficient (Wildman–Crippen LogP) is 5.98. The lowest BCUT2D eigenvalue weighted by molar-refractivity contribution is -0.119. The van der Waals surface area contributed by atoms with Crippen molar-refractivity contribution in [2.75, 3.05) is 5.75 Å². The maximum Gasteiger partial charge on any atom is 0.230 e. The van der Waals surface area contributed by atoms with Gasteiger partial charge in [0.2, 0.25) is 5.91 Å². The second-order valence-corrected chi connectivity index (χ2v) is 8.57. The molecule has 0 aliphatic heterocycles. The van der Waals surface area contributed by atoms with Gasteiger partial charge in [-0.15, -0.1) is 11.8 Å². The second kappa shape index (κ2) is 9.16. The number of hydrogen-bond donors (Lipinski definition) is 1. The van der Waals surface area contributed by atoms with E-state index < -0.39 is 0 Å². The maximum absolute atomic E-state index is 12.2. The van der Waals surface area contributed by atoms with Gasteiger partial charge in [-0.1, -0.05) is 47.5 Å². The Morgan fingerprint density at radius 2 is 1.85 bits per heavy atom. The smallest absolute Gasteiger partial charge is 0.230 e. The number of amides is 1. The van der Waals surface area contributed by atoms with E-state index in [1.807, 2.05) is 19.1 Å². The van der Waals surface area contributed by atoms with Crippen molar-refractivity contribution in [2.24, 2.45) is 0 Å². The Morgan fingerprint density at radius 1 is 1.08 bits per heavy atom. The van der Waals surface area contributed by atoms with Crippen molar-refractivity contribution in [3.8, 4) is 0 Å². The first-order valence-electron chi connectivity index (χ1n) is 8.95. The van der Waals surface area contributed by atoms with Gasteiger partial charge in [-0.2, -0.15) is 0 Å². The lowest BCUT2D eigenvalue weighted by Crippen LogP contribution is -2.28. The third kappa shape index (κ3) is 5.18. The summed E-state index contributed by atoms with van der Waals surface area (Å²) in [6.45, 7) is 2.05. The first-order chi connectivity index (χ1) is 12.5. The molecule has 1 amide bonds. The van der Waals surface area contributed by atoms with Crippen molar-refractivity contribution in [2.45, 2.75) is 44.4 Å². The summed E-state index contributed by atoms with van der Waals surface area (Å²) < 4.78 is 0. The van der Waals surface area contributed by atoms with Crippen LogP contribution >= 0.6 is 35.0 Å². The molecule has 0 heterocycles. The Balaban J connectivity index is 1.49. The minimum atomic E-state index is 0.0281. The Morgan fingerprint density at radius 3 is 2.62 bits per heavy atom. The number of nitrogens with one attached hydrogen (secondary N) is 1. The Bertz CT molecular complexity index is 794. The zero-order valence-corrected chi connectivity index (χ0v) is 17.2. The van der Waals surface area contributed by atoms with E-state index in [1.165, 1.54) is 36.0 Å². The normalized spacial score (nSPS) is 14.6. The lowest BCUT2D eigenvalue weighted by atomic mass is 9.89. The molecule has 0 fully saturated rings. The third-order valence-electron chi connectivity index (χ3n) is 4.74. The van der Waals surface area contributed by atoms with Crippen LogP contribution in [0.2, 0.25) is 10.0 Å². The largest absolute Gasteiger partial charge is 0.349 e. The highest BCUT2D eigenvalue weighted by Gasteiger charge is 2.14. The summed E-state index contributed by atoms with van der Waals surface area (Å²) in [7, 11) is 0. The van der Waals surface area contributed by atoms with Crippen molar-refractivity contribution in [3.05, 3.63) is 68.7 Å². The quantitative estimate of drug-likeness (QED) is 0.637. The fourth-order valence-corrected chi connectivity index (χ4v) is 4.39. The van der Waals surface area contributed by atoms with Crippen LogP contribution in [0.5, 0.6) is 0 Å². The van der Waals surface area contributed by atoms with Gasteiger partial charge < -0.3 is 5.32 Å². The summed E-state index contributed by atoms with van der Waals surface area (Å²) in [6, 6.07) is 12.3. The van der Waals surface area contributed by atoms with Crippen molar-refractivity contribution < 1.29 is 4.79 Å². The number of carbonyl (C=O) groups is 1. The van der Waals surface area contributed by atoms with Crippen molar-refractivity contribution >= 4 is 40.9 Å². The molecule has 0 saturated heterocycles.